The third-order valence-corrected chi connectivity index (χ3v) is 8.55. The van der Waals surface area contributed by atoms with Crippen molar-refractivity contribution in [2.24, 2.45) is 11.8 Å². The Morgan fingerprint density at radius 2 is 1.87 bits per heavy atom. The fourth-order valence-corrected chi connectivity index (χ4v) is 6.60. The molecule has 4 aliphatic rings. The third-order valence-electron chi connectivity index (χ3n) is 6.94. The molecule has 2 bridgehead atoms. The first-order valence-electron chi connectivity index (χ1n) is 10.8. The van der Waals surface area contributed by atoms with E-state index in [0.29, 0.717) is 18.2 Å². The average Bonchev–Trinajstić information content (AvgIpc) is 3.45. The molecule has 0 radical (unpaired) electrons. The number of amides is 1. The molecule has 1 atom stereocenters. The molecular formula is C23H27BrFN2O2S+. The highest BCUT2D eigenvalue weighted by Crippen LogP contribution is 2.41. The minimum Gasteiger partial charge on any atom is -0.440 e. The quantitative estimate of drug-likeness (QED) is 0.475. The Labute approximate surface area is 189 Å². The van der Waals surface area contributed by atoms with Crippen LogP contribution >= 0.6 is 27.3 Å². The molecule has 1 unspecified atom stereocenters. The van der Waals surface area contributed by atoms with Gasteiger partial charge < -0.3 is 9.22 Å². The van der Waals surface area contributed by atoms with Crippen molar-refractivity contribution in [2.45, 2.75) is 38.3 Å². The highest BCUT2D eigenvalue weighted by atomic mass is 79.9. The predicted molar refractivity (Wildman–Crippen MR) is 120 cm³/mol. The maximum atomic E-state index is 13.5. The molecule has 0 spiro atoms. The first-order valence-corrected chi connectivity index (χ1v) is 12.4. The molecule has 3 aliphatic heterocycles. The second-order valence-electron chi connectivity index (χ2n) is 9.13. The number of halogens is 2. The number of nitrogens with zero attached hydrogens (tertiary/aromatic N) is 2. The second kappa shape index (κ2) is 8.24. The van der Waals surface area contributed by atoms with E-state index in [1.807, 2.05) is 12.1 Å². The highest BCUT2D eigenvalue weighted by Gasteiger charge is 2.49. The lowest BCUT2D eigenvalue weighted by atomic mass is 9.83. The molecule has 4 fully saturated rings. The monoisotopic (exact) mass is 493 g/mol. The van der Waals surface area contributed by atoms with Crippen LogP contribution in [0.15, 0.2) is 40.2 Å². The van der Waals surface area contributed by atoms with Crippen LogP contribution in [-0.4, -0.2) is 42.9 Å². The summed E-state index contributed by atoms with van der Waals surface area (Å²) in [5.41, 5.74) is 0.661. The normalized spacial score (nSPS) is 27.8. The zero-order valence-corrected chi connectivity index (χ0v) is 19.3. The summed E-state index contributed by atoms with van der Waals surface area (Å²) in [6.07, 6.45) is 4.69. The zero-order chi connectivity index (χ0) is 20.7. The van der Waals surface area contributed by atoms with E-state index in [0.717, 1.165) is 38.5 Å². The maximum absolute atomic E-state index is 13.5. The fraction of sp³-hybridized carbons (Fsp3) is 0.522. The molecule has 160 valence electrons. The van der Waals surface area contributed by atoms with Crippen LogP contribution in [0.5, 0.6) is 0 Å². The minimum atomic E-state index is -0.325. The van der Waals surface area contributed by atoms with Crippen LogP contribution in [0.4, 0.5) is 14.9 Å². The van der Waals surface area contributed by atoms with Crippen LogP contribution < -0.4 is 4.90 Å². The molecule has 1 aromatic carbocycles. The van der Waals surface area contributed by atoms with Gasteiger partial charge in [-0.1, -0.05) is 0 Å². The number of ether oxygens (including phenoxy) is 1. The molecule has 4 nitrogen and oxygen atoms in total. The summed E-state index contributed by atoms with van der Waals surface area (Å²) in [5, 5.41) is 0. The van der Waals surface area contributed by atoms with E-state index >= 15 is 0 Å². The Morgan fingerprint density at radius 3 is 2.50 bits per heavy atom. The number of thiophene rings is 1. The molecule has 4 heterocycles. The van der Waals surface area contributed by atoms with Crippen LogP contribution in [-0.2, 0) is 11.3 Å². The number of fused-ring (bicyclic) bond motifs is 3. The summed E-state index contributed by atoms with van der Waals surface area (Å²) in [6.45, 7) is 5.10. The number of carbonyl (C=O) groups excluding carboxylic acids is 1. The van der Waals surface area contributed by atoms with Gasteiger partial charge in [-0.3, -0.25) is 4.90 Å². The summed E-state index contributed by atoms with van der Waals surface area (Å²) < 4.78 is 21.8. The molecule has 0 N–H and O–H groups in total. The number of quaternary nitrogens is 1. The topological polar surface area (TPSA) is 29.5 Å². The zero-order valence-electron chi connectivity index (χ0n) is 16.9. The molecule has 1 amide bonds. The van der Waals surface area contributed by atoms with Gasteiger partial charge in [0.2, 0.25) is 0 Å². The standard InChI is InChI=1S/C23H27BrFN2O2S/c24-22-8-7-20(30-22)13-26(19-5-3-18(25)4-6-19)23(28)29-21-15-27(14-16-1-2-16)11-9-17(21)10-12-27/h3-8,16-17,21H,1-2,9-15H2/q+1. The molecule has 6 rings (SSSR count). The van der Waals surface area contributed by atoms with E-state index in [1.165, 1.54) is 44.6 Å². The van der Waals surface area contributed by atoms with Crippen molar-refractivity contribution in [3.05, 3.63) is 50.9 Å². The van der Waals surface area contributed by atoms with Gasteiger partial charge in [0.1, 0.15) is 12.4 Å². The minimum absolute atomic E-state index is 0.0169. The van der Waals surface area contributed by atoms with Crippen LogP contribution in [0.2, 0.25) is 0 Å². The number of benzene rings is 1. The Kier molecular flexibility index (Phi) is 5.62. The van der Waals surface area contributed by atoms with Crippen molar-refractivity contribution >= 4 is 39.0 Å². The van der Waals surface area contributed by atoms with Crippen molar-refractivity contribution in [3.63, 3.8) is 0 Å². The largest absolute Gasteiger partial charge is 0.440 e. The van der Waals surface area contributed by atoms with Gasteiger partial charge in [0.15, 0.2) is 6.10 Å². The van der Waals surface area contributed by atoms with E-state index in [4.69, 9.17) is 4.74 Å². The lowest BCUT2D eigenvalue weighted by Gasteiger charge is -2.52. The average molecular weight is 494 g/mol. The van der Waals surface area contributed by atoms with Crippen LogP contribution in [0, 0.1) is 17.7 Å². The van der Waals surface area contributed by atoms with Gasteiger partial charge in [-0.15, -0.1) is 11.3 Å². The molecule has 1 aliphatic carbocycles. The Balaban J connectivity index is 1.33. The Bertz CT molecular complexity index is 906. The van der Waals surface area contributed by atoms with Crippen LogP contribution in [0.3, 0.4) is 0 Å². The smallest absolute Gasteiger partial charge is 0.415 e. The molecule has 7 heteroatoms. The molecule has 3 saturated heterocycles. The van der Waals surface area contributed by atoms with Crippen molar-refractivity contribution in [2.75, 3.05) is 31.1 Å². The second-order valence-corrected chi connectivity index (χ2v) is 11.7. The summed E-state index contributed by atoms with van der Waals surface area (Å²) in [5.74, 6) is 1.04. The van der Waals surface area contributed by atoms with Gasteiger partial charge in [-0.25, -0.2) is 9.18 Å². The fourth-order valence-electron chi connectivity index (χ4n) is 5.13. The highest BCUT2D eigenvalue weighted by molar-refractivity contribution is 9.11. The van der Waals surface area contributed by atoms with Gasteiger partial charge >= 0.3 is 6.09 Å². The number of anilines is 1. The first-order chi connectivity index (χ1) is 14.5. The Hall–Kier alpha value is -1.44. The first kappa shape index (κ1) is 20.5. The summed E-state index contributed by atoms with van der Waals surface area (Å²) in [4.78, 5) is 16.0. The summed E-state index contributed by atoms with van der Waals surface area (Å²) in [7, 11) is 0. The number of piperidine rings is 3. The van der Waals surface area contributed by atoms with E-state index in [1.54, 1.807) is 28.4 Å². The summed E-state index contributed by atoms with van der Waals surface area (Å²) >= 11 is 5.08. The van der Waals surface area contributed by atoms with Gasteiger partial charge in [-0.05, 0) is 65.2 Å². The summed E-state index contributed by atoms with van der Waals surface area (Å²) in [6, 6.07) is 10.1. The van der Waals surface area contributed by atoms with E-state index in [9.17, 15) is 9.18 Å². The van der Waals surface area contributed by atoms with E-state index in [2.05, 4.69) is 15.9 Å². The Morgan fingerprint density at radius 1 is 1.13 bits per heavy atom. The van der Waals surface area contributed by atoms with Crippen LogP contribution in [0.1, 0.15) is 30.6 Å². The molecule has 1 aromatic heterocycles. The lowest BCUT2D eigenvalue weighted by molar-refractivity contribution is -0.947. The number of hydrogen-bond donors (Lipinski definition) is 0. The van der Waals surface area contributed by atoms with Gasteiger partial charge in [0, 0.05) is 35.2 Å². The SMILES string of the molecule is O=C(OC1C[N+]2(CC3CC3)CCC1CC2)N(Cc1ccc(Br)s1)c1ccc(F)cc1. The maximum Gasteiger partial charge on any atom is 0.415 e. The molecule has 30 heavy (non-hydrogen) atoms. The van der Waals surface area contributed by atoms with Crippen molar-refractivity contribution < 1.29 is 18.4 Å². The lowest BCUT2D eigenvalue weighted by Crippen LogP contribution is -2.65. The number of rotatable bonds is 6. The van der Waals surface area contributed by atoms with Crippen molar-refractivity contribution in [3.8, 4) is 0 Å². The predicted octanol–water partition coefficient (Wildman–Crippen LogP) is 5.81. The van der Waals surface area contributed by atoms with E-state index in [-0.39, 0.29) is 18.0 Å². The molecular weight excluding hydrogens is 467 g/mol. The number of carbonyl (C=O) groups is 1. The van der Waals surface area contributed by atoms with Crippen molar-refractivity contribution in [1.82, 2.24) is 0 Å². The van der Waals surface area contributed by atoms with E-state index < -0.39 is 0 Å². The van der Waals surface area contributed by atoms with Gasteiger partial charge in [-0.2, -0.15) is 0 Å². The van der Waals surface area contributed by atoms with Gasteiger partial charge in [0.25, 0.3) is 0 Å². The van der Waals surface area contributed by atoms with Crippen LogP contribution in [0.25, 0.3) is 0 Å². The third kappa shape index (κ3) is 4.43. The van der Waals surface area contributed by atoms with Gasteiger partial charge in [0.05, 0.1) is 30.0 Å². The van der Waals surface area contributed by atoms with Crippen molar-refractivity contribution in [1.29, 1.82) is 0 Å². The number of hydrogen-bond acceptors (Lipinski definition) is 3. The molecule has 1 saturated carbocycles. The molecule has 2 aromatic rings.